The van der Waals surface area contributed by atoms with Gasteiger partial charge in [0.1, 0.15) is 24.1 Å². The molecule has 0 fully saturated rings. The Bertz CT molecular complexity index is 1410. The van der Waals surface area contributed by atoms with Gasteiger partial charge in [-0.15, -0.1) is 0 Å². The van der Waals surface area contributed by atoms with E-state index in [1.165, 1.54) is 48.4 Å². The van der Waals surface area contributed by atoms with E-state index in [1.54, 1.807) is 37.4 Å². The highest BCUT2D eigenvalue weighted by Crippen LogP contribution is 2.27. The van der Waals surface area contributed by atoms with Gasteiger partial charge < -0.3 is 19.7 Å². The van der Waals surface area contributed by atoms with Crippen molar-refractivity contribution in [2.24, 2.45) is 0 Å². The van der Waals surface area contributed by atoms with Crippen molar-refractivity contribution >= 4 is 39.1 Å². The highest BCUT2D eigenvalue weighted by atomic mass is 35.5. The molecule has 0 aliphatic rings. The average Bonchev–Trinajstić information content (AvgIpc) is 2.99. The van der Waals surface area contributed by atoms with E-state index in [1.807, 2.05) is 19.9 Å². The molecule has 1 N–H and O–H groups in total. The van der Waals surface area contributed by atoms with Crippen molar-refractivity contribution in [3.05, 3.63) is 83.4 Å². The summed E-state index contributed by atoms with van der Waals surface area (Å²) in [5, 5.41) is 3.29. The minimum Gasteiger partial charge on any atom is -0.497 e. The van der Waals surface area contributed by atoms with Crippen molar-refractivity contribution in [3.8, 4) is 11.5 Å². The van der Waals surface area contributed by atoms with Crippen LogP contribution in [-0.2, 0) is 26.2 Å². The lowest BCUT2D eigenvalue weighted by Crippen LogP contribution is -2.52. The molecule has 0 aliphatic carbocycles. The second-order valence-corrected chi connectivity index (χ2v) is 11.6. The summed E-state index contributed by atoms with van der Waals surface area (Å²) in [7, 11) is -1.17. The number of methoxy groups -OCH3 is 2. The Morgan fingerprint density at radius 1 is 0.927 bits per heavy atom. The number of ether oxygens (including phenoxy) is 2. The van der Waals surface area contributed by atoms with Crippen LogP contribution < -0.4 is 19.1 Å². The Balaban J connectivity index is 2.05. The van der Waals surface area contributed by atoms with Crippen LogP contribution in [0.4, 0.5) is 5.69 Å². The van der Waals surface area contributed by atoms with Gasteiger partial charge in [-0.25, -0.2) is 8.42 Å². The standard InChI is InChI=1S/C30H36ClN3O6S/c1-5-18-32-30(36)28(6-2)33(20-22-8-7-9-26(19-22)40-4)29(35)21-34(24-12-10-23(31)11-13-24)41(37,38)27-16-14-25(39-3)15-17-27/h7-17,19,28H,5-6,18,20-21H2,1-4H3,(H,32,36). The molecule has 0 radical (unpaired) electrons. The maximum atomic E-state index is 14.1. The number of halogens is 1. The minimum absolute atomic E-state index is 0.0203. The van der Waals surface area contributed by atoms with Gasteiger partial charge in [-0.1, -0.05) is 37.6 Å². The van der Waals surface area contributed by atoms with Gasteiger partial charge in [0.05, 0.1) is 24.8 Å². The third kappa shape index (κ3) is 8.14. The molecule has 2 amide bonds. The van der Waals surface area contributed by atoms with E-state index in [-0.39, 0.29) is 23.0 Å². The lowest BCUT2D eigenvalue weighted by molar-refractivity contribution is -0.140. The molecule has 3 rings (SSSR count). The van der Waals surface area contributed by atoms with Crippen LogP contribution in [-0.4, -0.2) is 58.5 Å². The Labute approximate surface area is 247 Å². The summed E-state index contributed by atoms with van der Waals surface area (Å²) in [6.07, 6.45) is 1.06. The van der Waals surface area contributed by atoms with Gasteiger partial charge in [0.2, 0.25) is 11.8 Å². The van der Waals surface area contributed by atoms with Gasteiger partial charge in [0.15, 0.2) is 0 Å². The summed E-state index contributed by atoms with van der Waals surface area (Å²) in [6, 6.07) is 18.5. The number of carbonyl (C=O) groups excluding carboxylic acids is 2. The fourth-order valence-electron chi connectivity index (χ4n) is 4.26. The number of sulfonamides is 1. The molecule has 0 aliphatic heterocycles. The van der Waals surface area contributed by atoms with E-state index >= 15 is 0 Å². The molecule has 1 atom stereocenters. The Morgan fingerprint density at radius 2 is 1.59 bits per heavy atom. The van der Waals surface area contributed by atoms with Crippen LogP contribution in [0.2, 0.25) is 5.02 Å². The number of hydrogen-bond acceptors (Lipinski definition) is 6. The molecule has 0 bridgehead atoms. The second-order valence-electron chi connectivity index (χ2n) is 9.25. The maximum Gasteiger partial charge on any atom is 0.264 e. The molecule has 11 heteroatoms. The van der Waals surface area contributed by atoms with E-state index in [2.05, 4.69) is 5.32 Å². The van der Waals surface area contributed by atoms with Crippen molar-refractivity contribution in [1.82, 2.24) is 10.2 Å². The lowest BCUT2D eigenvalue weighted by atomic mass is 10.1. The van der Waals surface area contributed by atoms with Gasteiger partial charge in [0.25, 0.3) is 10.0 Å². The number of hydrogen-bond donors (Lipinski definition) is 1. The number of benzene rings is 3. The number of amides is 2. The highest BCUT2D eigenvalue weighted by Gasteiger charge is 2.33. The fourth-order valence-corrected chi connectivity index (χ4v) is 5.80. The van der Waals surface area contributed by atoms with E-state index in [0.717, 1.165) is 16.3 Å². The Kier molecular flexibility index (Phi) is 11.4. The predicted octanol–water partition coefficient (Wildman–Crippen LogP) is 4.89. The molecule has 0 heterocycles. The van der Waals surface area contributed by atoms with Gasteiger partial charge >= 0.3 is 0 Å². The van der Waals surface area contributed by atoms with E-state index < -0.39 is 28.5 Å². The fraction of sp³-hybridized carbons (Fsp3) is 0.333. The molecule has 41 heavy (non-hydrogen) atoms. The molecule has 0 saturated carbocycles. The molecule has 9 nitrogen and oxygen atoms in total. The van der Waals surface area contributed by atoms with Gasteiger partial charge in [-0.2, -0.15) is 0 Å². The Morgan fingerprint density at radius 3 is 2.17 bits per heavy atom. The zero-order valence-electron chi connectivity index (χ0n) is 23.7. The van der Waals surface area contributed by atoms with Crippen molar-refractivity contribution < 1.29 is 27.5 Å². The Hall–Kier alpha value is -3.76. The largest absolute Gasteiger partial charge is 0.497 e. The smallest absolute Gasteiger partial charge is 0.264 e. The van der Waals surface area contributed by atoms with E-state index in [0.29, 0.717) is 29.5 Å². The maximum absolute atomic E-state index is 14.1. The summed E-state index contributed by atoms with van der Waals surface area (Å²) >= 11 is 6.08. The molecule has 0 spiro atoms. The minimum atomic E-state index is -4.20. The number of nitrogens with zero attached hydrogens (tertiary/aromatic N) is 2. The topological polar surface area (TPSA) is 105 Å². The average molecular weight is 602 g/mol. The summed E-state index contributed by atoms with van der Waals surface area (Å²) in [4.78, 5) is 28.7. The number of carbonyl (C=O) groups is 2. The number of nitrogens with one attached hydrogen (secondary N) is 1. The molecule has 3 aromatic rings. The molecular weight excluding hydrogens is 566 g/mol. The normalized spacial score (nSPS) is 11.8. The first-order chi connectivity index (χ1) is 19.6. The van der Waals surface area contributed by atoms with Gasteiger partial charge in [-0.05, 0) is 79.1 Å². The van der Waals surface area contributed by atoms with Crippen molar-refractivity contribution in [1.29, 1.82) is 0 Å². The zero-order chi connectivity index (χ0) is 30.0. The summed E-state index contributed by atoms with van der Waals surface area (Å²) < 4.78 is 39.4. The van der Waals surface area contributed by atoms with Crippen molar-refractivity contribution in [2.45, 2.75) is 44.2 Å². The quantitative estimate of drug-likeness (QED) is 0.282. The predicted molar refractivity (Wildman–Crippen MR) is 160 cm³/mol. The highest BCUT2D eigenvalue weighted by molar-refractivity contribution is 7.92. The molecule has 3 aromatic carbocycles. The number of anilines is 1. The van der Waals surface area contributed by atoms with Crippen molar-refractivity contribution in [3.63, 3.8) is 0 Å². The number of rotatable bonds is 14. The van der Waals surface area contributed by atoms with Crippen LogP contribution in [0.1, 0.15) is 32.3 Å². The molecule has 0 aromatic heterocycles. The van der Waals surface area contributed by atoms with Crippen LogP contribution in [0.15, 0.2) is 77.7 Å². The van der Waals surface area contributed by atoms with Crippen LogP contribution in [0.3, 0.4) is 0 Å². The third-order valence-electron chi connectivity index (χ3n) is 6.46. The first-order valence-electron chi connectivity index (χ1n) is 13.3. The van der Waals surface area contributed by atoms with Gasteiger partial charge in [0, 0.05) is 18.1 Å². The molecule has 0 saturated heterocycles. The lowest BCUT2D eigenvalue weighted by Gasteiger charge is -2.33. The molecular formula is C30H36ClN3O6S. The molecule has 1 unspecified atom stereocenters. The third-order valence-corrected chi connectivity index (χ3v) is 8.50. The van der Waals surface area contributed by atoms with Crippen LogP contribution in [0.25, 0.3) is 0 Å². The summed E-state index contributed by atoms with van der Waals surface area (Å²) in [6.45, 7) is 3.74. The SMILES string of the molecule is CCCNC(=O)C(CC)N(Cc1cccc(OC)c1)C(=O)CN(c1ccc(Cl)cc1)S(=O)(=O)c1ccc(OC)cc1. The first-order valence-corrected chi connectivity index (χ1v) is 15.1. The van der Waals surface area contributed by atoms with Crippen molar-refractivity contribution in [2.75, 3.05) is 31.6 Å². The zero-order valence-corrected chi connectivity index (χ0v) is 25.2. The summed E-state index contributed by atoms with van der Waals surface area (Å²) in [5.74, 6) is 0.245. The van der Waals surface area contributed by atoms with E-state index in [4.69, 9.17) is 21.1 Å². The first kappa shape index (κ1) is 31.8. The molecule has 220 valence electrons. The van der Waals surface area contributed by atoms with Crippen LogP contribution in [0.5, 0.6) is 11.5 Å². The monoisotopic (exact) mass is 601 g/mol. The van der Waals surface area contributed by atoms with Gasteiger partial charge in [-0.3, -0.25) is 13.9 Å². The van der Waals surface area contributed by atoms with Crippen LogP contribution in [0, 0.1) is 0 Å². The second kappa shape index (κ2) is 14.7. The van der Waals surface area contributed by atoms with Crippen LogP contribution >= 0.6 is 11.6 Å². The van der Waals surface area contributed by atoms with E-state index in [9.17, 15) is 18.0 Å². The summed E-state index contributed by atoms with van der Waals surface area (Å²) in [5.41, 5.74) is 0.985.